The average Bonchev–Trinajstić information content (AvgIpc) is 3.41. The van der Waals surface area contributed by atoms with Gasteiger partial charge in [0.2, 0.25) is 0 Å². The van der Waals surface area contributed by atoms with Gasteiger partial charge in [-0.3, -0.25) is 40.5 Å². The van der Waals surface area contributed by atoms with E-state index in [1.807, 2.05) is 38.1 Å². The number of non-ortho nitro benzene ring substituents is 4. The van der Waals surface area contributed by atoms with Gasteiger partial charge in [0.05, 0.1) is 48.6 Å². The summed E-state index contributed by atoms with van der Waals surface area (Å²) in [5.41, 5.74) is 1.57. The van der Waals surface area contributed by atoms with E-state index in [1.54, 1.807) is 24.3 Å². The van der Waals surface area contributed by atoms with Crippen LogP contribution in [-0.4, -0.2) is 31.6 Å². The quantitative estimate of drug-likeness (QED) is 0.0247. The molecule has 0 saturated carbocycles. The molecule has 0 aromatic heterocycles. The molecule has 17 nitrogen and oxygen atoms in total. The molecule has 10 aromatic rings. The Labute approximate surface area is 419 Å². The van der Waals surface area contributed by atoms with Gasteiger partial charge in [-0.1, -0.05) is 103 Å². The number of carbonyl (C=O) groups is 2. The van der Waals surface area contributed by atoms with E-state index in [-0.39, 0.29) is 11.5 Å². The second kappa shape index (κ2) is 18.7. The average molecular weight is 984 g/mol. The van der Waals surface area contributed by atoms with Crippen LogP contribution in [0.1, 0.15) is 49.9 Å². The minimum atomic E-state index is -1.06. The van der Waals surface area contributed by atoms with Crippen LogP contribution >= 0.6 is 0 Å². The van der Waals surface area contributed by atoms with Crippen LogP contribution in [0.2, 0.25) is 0 Å². The third kappa shape index (κ3) is 8.76. The highest BCUT2D eigenvalue weighted by Gasteiger charge is 2.33. The highest BCUT2D eigenvalue weighted by atomic mass is 16.6. The number of rotatable bonds is 14. The predicted octanol–water partition coefficient (Wildman–Crippen LogP) is 13.8. The molecule has 10 aromatic carbocycles. The third-order valence-electron chi connectivity index (χ3n) is 13.1. The zero-order valence-corrected chi connectivity index (χ0v) is 39.0. The zero-order valence-electron chi connectivity index (χ0n) is 39.0. The molecule has 0 atom stereocenters. The first-order chi connectivity index (χ1) is 35.5. The van der Waals surface area contributed by atoms with Crippen molar-refractivity contribution in [1.29, 1.82) is 0 Å². The van der Waals surface area contributed by atoms with Gasteiger partial charge in [-0.15, -0.1) is 0 Å². The van der Waals surface area contributed by atoms with Crippen LogP contribution in [0.15, 0.2) is 188 Å². The Morgan fingerprint density at radius 3 is 1.23 bits per heavy atom. The van der Waals surface area contributed by atoms with Gasteiger partial charge in [-0.05, 0) is 112 Å². The molecule has 0 spiro atoms. The fourth-order valence-corrected chi connectivity index (χ4v) is 9.37. The second-order valence-electron chi connectivity index (χ2n) is 17.6. The lowest BCUT2D eigenvalue weighted by Crippen LogP contribution is -2.25. The van der Waals surface area contributed by atoms with Gasteiger partial charge in [-0.2, -0.15) is 0 Å². The summed E-state index contributed by atoms with van der Waals surface area (Å²) in [5, 5.41) is 52.9. The number of aryl methyl sites for hydroxylation is 1. The Bertz CT molecular complexity index is 3710. The highest BCUT2D eigenvalue weighted by molar-refractivity contribution is 6.25. The fraction of sp³-hybridized carbons (Fsp3) is 0.0526. The Kier molecular flexibility index (Phi) is 12.0. The number of benzene rings is 10. The van der Waals surface area contributed by atoms with Gasteiger partial charge >= 0.3 is 11.9 Å². The van der Waals surface area contributed by atoms with Crippen molar-refractivity contribution in [3.05, 3.63) is 262 Å². The molecule has 362 valence electrons. The summed E-state index contributed by atoms with van der Waals surface area (Å²) in [4.78, 5) is 71.5. The van der Waals surface area contributed by atoms with Gasteiger partial charge in [0.25, 0.3) is 22.7 Å². The van der Waals surface area contributed by atoms with Gasteiger partial charge in [0.15, 0.2) is 0 Å². The summed E-state index contributed by atoms with van der Waals surface area (Å²) in [6, 6.07) is 53.5. The molecule has 0 aliphatic carbocycles. The van der Waals surface area contributed by atoms with Crippen LogP contribution in [0.3, 0.4) is 0 Å². The molecule has 0 heterocycles. The zero-order chi connectivity index (χ0) is 52.0. The molecule has 0 fully saturated rings. The smallest absolute Gasteiger partial charge is 0.344 e. The number of hydrogen-bond donors (Lipinski definition) is 0. The van der Waals surface area contributed by atoms with Crippen molar-refractivity contribution < 1.29 is 38.8 Å². The van der Waals surface area contributed by atoms with E-state index in [0.29, 0.717) is 11.1 Å². The lowest BCUT2D eigenvalue weighted by Gasteiger charge is -2.33. The predicted molar refractivity (Wildman–Crippen MR) is 277 cm³/mol. The molecule has 10 rings (SSSR count). The van der Waals surface area contributed by atoms with E-state index in [9.17, 15) is 50.0 Å². The molecule has 0 N–H and O–H groups in total. The van der Waals surface area contributed by atoms with Crippen molar-refractivity contribution >= 4 is 84.1 Å². The van der Waals surface area contributed by atoms with Crippen molar-refractivity contribution in [1.82, 2.24) is 0 Å². The van der Waals surface area contributed by atoms with E-state index in [4.69, 9.17) is 9.47 Å². The molecule has 0 radical (unpaired) electrons. The van der Waals surface area contributed by atoms with Gasteiger partial charge in [-0.25, -0.2) is 9.59 Å². The number of nitro groups is 4. The SMILES string of the molecule is Cc1ccc(N(c2ccc(C(C)(c3ccc(OC(=O)c4cc([N+](=O)[O-])cc([N+](=O)[O-])c4)cc3)c3ccc(OC(=O)c4cc([N+](=O)[O-])cc([N+](=O)[O-])c4)cc3)cc2)c2ccc3ccc4cccc5ccc2c3c45)cc1. The molecule has 0 bridgehead atoms. The van der Waals surface area contributed by atoms with Gasteiger partial charge in [0.1, 0.15) is 11.5 Å². The topological polar surface area (TPSA) is 228 Å². The van der Waals surface area contributed by atoms with E-state index < -0.39 is 70.9 Å². The summed E-state index contributed by atoms with van der Waals surface area (Å²) < 4.78 is 11.1. The normalized spacial score (nSPS) is 11.4. The van der Waals surface area contributed by atoms with Crippen LogP contribution in [0.5, 0.6) is 11.5 Å². The van der Waals surface area contributed by atoms with E-state index in [1.165, 1.54) is 29.7 Å². The number of anilines is 3. The first-order valence-corrected chi connectivity index (χ1v) is 22.7. The number of hydrogen-bond acceptors (Lipinski definition) is 13. The molecular weight excluding hydrogens is 947 g/mol. The minimum Gasteiger partial charge on any atom is -0.423 e. The maximum Gasteiger partial charge on any atom is 0.344 e. The van der Waals surface area contributed by atoms with Crippen molar-refractivity contribution in [2.45, 2.75) is 19.3 Å². The maximum atomic E-state index is 13.3. The third-order valence-corrected chi connectivity index (χ3v) is 13.1. The lowest BCUT2D eigenvalue weighted by molar-refractivity contribution is -0.394. The minimum absolute atomic E-state index is 0.0382. The number of nitrogens with zero attached hydrogens (tertiary/aromatic N) is 5. The van der Waals surface area contributed by atoms with E-state index in [2.05, 4.69) is 83.8 Å². The standard InChI is InChI=1S/C57H37N5O12/c1-34-6-18-43(19-7-34)58(52-27-11-37-9-8-35-4-3-5-36-10-26-51(52)54(37)53(35)36)44-20-12-40(13-21-44)57(2,41-14-22-49(23-15-41)73-55(63)38-28-45(59(65)66)32-46(29-38)60(67)68)42-16-24-50(25-17-42)74-56(64)39-30-47(61(69)70)33-48(31-39)62(71)72/h3-33H,1-2H3. The molecule has 0 aliphatic rings. The molecule has 0 unspecified atom stereocenters. The number of ether oxygens (including phenoxy) is 2. The van der Waals surface area contributed by atoms with Crippen LogP contribution < -0.4 is 14.4 Å². The maximum absolute atomic E-state index is 13.3. The van der Waals surface area contributed by atoms with Crippen molar-refractivity contribution in [3.8, 4) is 11.5 Å². The first kappa shape index (κ1) is 47.3. The first-order valence-electron chi connectivity index (χ1n) is 22.7. The molecule has 0 aliphatic heterocycles. The Morgan fingerprint density at radius 1 is 0.446 bits per heavy atom. The molecule has 74 heavy (non-hydrogen) atoms. The summed E-state index contributed by atoms with van der Waals surface area (Å²) in [7, 11) is 0. The van der Waals surface area contributed by atoms with Crippen LogP contribution in [0.4, 0.5) is 39.8 Å². The molecule has 0 saturated heterocycles. The summed E-state index contributed by atoms with van der Waals surface area (Å²) >= 11 is 0. The van der Waals surface area contributed by atoms with Gasteiger partial charge < -0.3 is 14.4 Å². The Balaban J connectivity index is 1.04. The number of esters is 2. The van der Waals surface area contributed by atoms with Crippen molar-refractivity contribution in [3.63, 3.8) is 0 Å². The lowest BCUT2D eigenvalue weighted by atomic mass is 9.71. The molecule has 17 heteroatoms. The van der Waals surface area contributed by atoms with Crippen LogP contribution in [-0.2, 0) is 5.41 Å². The Morgan fingerprint density at radius 2 is 0.811 bits per heavy atom. The molecule has 0 amide bonds. The molecular formula is C57H37N5O12. The number of nitro benzene ring substituents is 4. The van der Waals surface area contributed by atoms with Crippen molar-refractivity contribution in [2.24, 2.45) is 0 Å². The van der Waals surface area contributed by atoms with Crippen molar-refractivity contribution in [2.75, 3.05) is 4.90 Å². The van der Waals surface area contributed by atoms with Crippen LogP contribution in [0, 0.1) is 47.4 Å². The van der Waals surface area contributed by atoms with E-state index >= 15 is 0 Å². The largest absolute Gasteiger partial charge is 0.423 e. The highest BCUT2D eigenvalue weighted by Crippen LogP contribution is 2.46. The summed E-state index contributed by atoms with van der Waals surface area (Å²) in [6.45, 7) is 4.00. The monoisotopic (exact) mass is 983 g/mol. The fourth-order valence-electron chi connectivity index (χ4n) is 9.37. The Hall–Kier alpha value is -10.4. The summed E-state index contributed by atoms with van der Waals surface area (Å²) in [6.07, 6.45) is 0. The van der Waals surface area contributed by atoms with Gasteiger partial charge in [0, 0.05) is 46.4 Å². The summed E-state index contributed by atoms with van der Waals surface area (Å²) in [5.74, 6) is -2.04. The second-order valence-corrected chi connectivity index (χ2v) is 17.6. The number of carbonyl (C=O) groups excluding carboxylic acids is 2. The van der Waals surface area contributed by atoms with Crippen LogP contribution in [0.25, 0.3) is 32.3 Å². The van der Waals surface area contributed by atoms with E-state index in [0.717, 1.165) is 91.5 Å².